The Labute approximate surface area is 92.1 Å². The molecule has 86 valence electrons. The minimum atomic E-state index is 0.514. The number of H-pyrrole nitrogens is 1. The number of hydrogen-bond acceptors (Lipinski definition) is 3. The van der Waals surface area contributed by atoms with Crippen molar-refractivity contribution in [3.05, 3.63) is 18.0 Å². The van der Waals surface area contributed by atoms with E-state index < -0.39 is 0 Å². The van der Waals surface area contributed by atoms with Crippen LogP contribution in [0.1, 0.15) is 26.3 Å². The molecule has 4 heteroatoms. The summed E-state index contributed by atoms with van der Waals surface area (Å²) < 4.78 is 0. The molecule has 1 rings (SSSR count). The lowest BCUT2D eigenvalue weighted by Gasteiger charge is -2.23. The number of likely N-dealkylation sites (N-methyl/N-ethyl adjacent to an activating group) is 1. The van der Waals surface area contributed by atoms with E-state index in [2.05, 4.69) is 41.2 Å². The van der Waals surface area contributed by atoms with Gasteiger partial charge in [0.25, 0.3) is 0 Å². The molecule has 0 aliphatic heterocycles. The quantitative estimate of drug-likeness (QED) is 0.711. The van der Waals surface area contributed by atoms with Gasteiger partial charge in [-0.1, -0.05) is 13.8 Å². The van der Waals surface area contributed by atoms with Gasteiger partial charge in [-0.2, -0.15) is 5.10 Å². The average molecular weight is 210 g/mol. The van der Waals surface area contributed by atoms with Crippen LogP contribution in [0.5, 0.6) is 0 Å². The molecular formula is C11H22N4. The zero-order valence-electron chi connectivity index (χ0n) is 9.95. The van der Waals surface area contributed by atoms with Gasteiger partial charge in [-0.25, -0.2) is 0 Å². The molecule has 1 aromatic heterocycles. The predicted octanol–water partition coefficient (Wildman–Crippen LogP) is 1.23. The van der Waals surface area contributed by atoms with E-state index in [-0.39, 0.29) is 0 Å². The third kappa shape index (κ3) is 4.44. The number of hydrogen-bond donors (Lipinski definition) is 2. The van der Waals surface area contributed by atoms with Gasteiger partial charge in [-0.15, -0.1) is 0 Å². The van der Waals surface area contributed by atoms with E-state index >= 15 is 0 Å². The zero-order chi connectivity index (χ0) is 11.1. The highest BCUT2D eigenvalue weighted by atomic mass is 15.1. The largest absolute Gasteiger partial charge is 0.309 e. The van der Waals surface area contributed by atoms with Crippen molar-refractivity contribution in [3.63, 3.8) is 0 Å². The molecule has 1 heterocycles. The molecule has 0 aromatic carbocycles. The van der Waals surface area contributed by atoms with Gasteiger partial charge in [0.15, 0.2) is 0 Å². The maximum atomic E-state index is 3.92. The smallest absolute Gasteiger partial charge is 0.0532 e. The lowest BCUT2D eigenvalue weighted by molar-refractivity contribution is 0.270. The van der Waals surface area contributed by atoms with Crippen LogP contribution >= 0.6 is 0 Å². The molecule has 0 bridgehead atoms. The highest BCUT2D eigenvalue weighted by Crippen LogP contribution is 1.96. The topological polar surface area (TPSA) is 44.0 Å². The maximum absolute atomic E-state index is 3.92. The lowest BCUT2D eigenvalue weighted by Crippen LogP contribution is -2.38. The van der Waals surface area contributed by atoms with Gasteiger partial charge < -0.3 is 10.2 Å². The van der Waals surface area contributed by atoms with Crippen LogP contribution in [0, 0.1) is 0 Å². The zero-order valence-corrected chi connectivity index (χ0v) is 9.95. The van der Waals surface area contributed by atoms with Crippen LogP contribution in [0.3, 0.4) is 0 Å². The summed E-state index contributed by atoms with van der Waals surface area (Å²) >= 11 is 0. The minimum absolute atomic E-state index is 0.514. The predicted molar refractivity (Wildman–Crippen MR) is 62.7 cm³/mol. The van der Waals surface area contributed by atoms with Gasteiger partial charge in [0.05, 0.1) is 6.20 Å². The van der Waals surface area contributed by atoms with E-state index in [9.17, 15) is 0 Å². The number of nitrogens with one attached hydrogen (secondary N) is 2. The summed E-state index contributed by atoms with van der Waals surface area (Å²) in [6, 6.07) is 0.514. The fourth-order valence-corrected chi connectivity index (χ4v) is 1.60. The molecule has 1 unspecified atom stereocenters. The van der Waals surface area contributed by atoms with Crippen molar-refractivity contribution in [1.82, 2.24) is 20.4 Å². The van der Waals surface area contributed by atoms with Crippen LogP contribution in [0.4, 0.5) is 0 Å². The Morgan fingerprint density at radius 2 is 2.20 bits per heavy atom. The van der Waals surface area contributed by atoms with Crippen molar-refractivity contribution in [2.24, 2.45) is 0 Å². The molecular weight excluding hydrogens is 188 g/mol. The summed E-state index contributed by atoms with van der Waals surface area (Å²) in [5, 5.41) is 10.2. The van der Waals surface area contributed by atoms with Gasteiger partial charge in [0.2, 0.25) is 0 Å². The second-order valence-electron chi connectivity index (χ2n) is 3.87. The van der Waals surface area contributed by atoms with Crippen LogP contribution in [-0.2, 0) is 6.54 Å². The van der Waals surface area contributed by atoms with E-state index in [0.29, 0.717) is 6.04 Å². The second kappa shape index (κ2) is 6.58. The van der Waals surface area contributed by atoms with Crippen LogP contribution < -0.4 is 5.32 Å². The molecule has 0 fully saturated rings. The molecule has 0 aliphatic carbocycles. The Bertz CT molecular complexity index is 241. The van der Waals surface area contributed by atoms with Crippen molar-refractivity contribution in [2.75, 3.05) is 19.6 Å². The van der Waals surface area contributed by atoms with Crippen LogP contribution in [-0.4, -0.2) is 40.8 Å². The Kier molecular flexibility index (Phi) is 5.36. The van der Waals surface area contributed by atoms with E-state index in [1.54, 1.807) is 0 Å². The van der Waals surface area contributed by atoms with Gasteiger partial charge in [-0.3, -0.25) is 5.10 Å². The second-order valence-corrected chi connectivity index (χ2v) is 3.87. The highest BCUT2D eigenvalue weighted by Gasteiger charge is 2.06. The molecule has 2 N–H and O–H groups in total. The molecule has 0 amide bonds. The number of rotatable bonds is 7. The third-order valence-corrected chi connectivity index (χ3v) is 2.64. The van der Waals surface area contributed by atoms with Gasteiger partial charge in [-0.05, 0) is 20.0 Å². The van der Waals surface area contributed by atoms with E-state index in [0.717, 1.165) is 26.2 Å². The minimum Gasteiger partial charge on any atom is -0.309 e. The lowest BCUT2D eigenvalue weighted by atomic mass is 10.2. The SMILES string of the molecule is CCN(CC)CC(C)NCc1cn[nH]c1. The summed E-state index contributed by atoms with van der Waals surface area (Å²) in [4.78, 5) is 2.42. The van der Waals surface area contributed by atoms with Gasteiger partial charge in [0.1, 0.15) is 0 Å². The van der Waals surface area contributed by atoms with Gasteiger partial charge >= 0.3 is 0 Å². The van der Waals surface area contributed by atoms with E-state index in [1.165, 1.54) is 5.56 Å². The first-order valence-electron chi connectivity index (χ1n) is 5.69. The summed E-state index contributed by atoms with van der Waals surface area (Å²) in [5.41, 5.74) is 1.21. The first-order chi connectivity index (χ1) is 7.26. The number of nitrogens with zero attached hydrogens (tertiary/aromatic N) is 2. The molecule has 4 nitrogen and oxygen atoms in total. The molecule has 0 spiro atoms. The number of aromatic nitrogens is 2. The van der Waals surface area contributed by atoms with Crippen molar-refractivity contribution in [1.29, 1.82) is 0 Å². The summed E-state index contributed by atoms with van der Waals surface area (Å²) in [6.45, 7) is 10.9. The molecule has 0 saturated carbocycles. The molecule has 15 heavy (non-hydrogen) atoms. The molecule has 0 radical (unpaired) electrons. The normalized spacial score (nSPS) is 13.3. The highest BCUT2D eigenvalue weighted by molar-refractivity contribution is 5.01. The fraction of sp³-hybridized carbons (Fsp3) is 0.727. The Balaban J connectivity index is 2.21. The first-order valence-corrected chi connectivity index (χ1v) is 5.69. The Hall–Kier alpha value is -0.870. The molecule has 0 saturated heterocycles. The van der Waals surface area contributed by atoms with Crippen LogP contribution in [0.2, 0.25) is 0 Å². The van der Waals surface area contributed by atoms with Gasteiger partial charge in [0, 0.05) is 30.9 Å². The number of aromatic amines is 1. The van der Waals surface area contributed by atoms with E-state index in [1.807, 2.05) is 12.4 Å². The van der Waals surface area contributed by atoms with Crippen molar-refractivity contribution < 1.29 is 0 Å². The van der Waals surface area contributed by atoms with Crippen LogP contribution in [0.25, 0.3) is 0 Å². The molecule has 0 aliphatic rings. The summed E-state index contributed by atoms with van der Waals surface area (Å²) in [7, 11) is 0. The molecule has 1 atom stereocenters. The Morgan fingerprint density at radius 3 is 2.73 bits per heavy atom. The third-order valence-electron chi connectivity index (χ3n) is 2.64. The first kappa shape index (κ1) is 12.2. The van der Waals surface area contributed by atoms with Crippen molar-refractivity contribution in [2.45, 2.75) is 33.4 Å². The molecule has 1 aromatic rings. The fourth-order valence-electron chi connectivity index (χ4n) is 1.60. The summed E-state index contributed by atoms with van der Waals surface area (Å²) in [6.07, 6.45) is 3.79. The summed E-state index contributed by atoms with van der Waals surface area (Å²) in [5.74, 6) is 0. The average Bonchev–Trinajstić information content (AvgIpc) is 2.75. The van der Waals surface area contributed by atoms with E-state index in [4.69, 9.17) is 0 Å². The monoisotopic (exact) mass is 210 g/mol. The van der Waals surface area contributed by atoms with Crippen molar-refractivity contribution >= 4 is 0 Å². The Morgan fingerprint density at radius 1 is 1.47 bits per heavy atom. The maximum Gasteiger partial charge on any atom is 0.0532 e. The van der Waals surface area contributed by atoms with Crippen molar-refractivity contribution in [3.8, 4) is 0 Å². The standard InChI is InChI=1S/C11H22N4/c1-4-15(5-2)9-10(3)12-6-11-7-13-14-8-11/h7-8,10,12H,4-6,9H2,1-3H3,(H,13,14). The van der Waals surface area contributed by atoms with Crippen LogP contribution in [0.15, 0.2) is 12.4 Å².